The van der Waals surface area contributed by atoms with E-state index < -0.39 is 0 Å². The average molecular weight is 312 g/mol. The molecule has 0 fully saturated rings. The lowest BCUT2D eigenvalue weighted by atomic mass is 10.1. The molecule has 1 N–H and O–H groups in total. The van der Waals surface area contributed by atoms with Crippen LogP contribution in [0.1, 0.15) is 25.5 Å². The highest BCUT2D eigenvalue weighted by molar-refractivity contribution is 9.10. The van der Waals surface area contributed by atoms with Crippen LogP contribution in [0, 0.1) is 0 Å². The van der Waals surface area contributed by atoms with Crippen molar-refractivity contribution in [1.29, 1.82) is 0 Å². The van der Waals surface area contributed by atoms with Crippen LogP contribution in [0.2, 0.25) is 0 Å². The minimum Gasteiger partial charge on any atom is -0.466 e. The summed E-state index contributed by atoms with van der Waals surface area (Å²) in [5, 5.41) is 3.33. The quantitative estimate of drug-likeness (QED) is 0.670. The molecule has 0 heterocycles. The van der Waals surface area contributed by atoms with Crippen molar-refractivity contribution >= 4 is 21.9 Å². The Morgan fingerprint density at radius 1 is 1.56 bits per heavy atom. The first-order chi connectivity index (χ1) is 8.54. The molecule has 98 valence electrons. The molecule has 0 spiro atoms. The second kappa shape index (κ2) is 7.34. The number of carbonyl (C=O) groups excluding carboxylic acids is 1. The van der Waals surface area contributed by atoms with E-state index in [2.05, 4.69) is 45.0 Å². The summed E-state index contributed by atoms with van der Waals surface area (Å²) in [4.78, 5) is 11.2. The number of nitrogens with one attached hydrogen (secondary N) is 1. The lowest BCUT2D eigenvalue weighted by molar-refractivity contribution is -0.136. The minimum atomic E-state index is -0.285. The number of methoxy groups -OCH3 is 1. The van der Waals surface area contributed by atoms with Gasteiger partial charge in [-0.2, -0.15) is 0 Å². The van der Waals surface area contributed by atoms with E-state index in [1.807, 2.05) is 18.2 Å². The zero-order valence-electron chi connectivity index (χ0n) is 10.9. The van der Waals surface area contributed by atoms with Gasteiger partial charge in [0.15, 0.2) is 0 Å². The van der Waals surface area contributed by atoms with Gasteiger partial charge >= 0.3 is 5.97 Å². The monoisotopic (exact) mass is 311 g/mol. The summed E-state index contributed by atoms with van der Waals surface area (Å²) < 4.78 is 5.69. The van der Waals surface area contributed by atoms with Gasteiger partial charge in [-0.3, -0.25) is 0 Å². The Balaban J connectivity index is 2.52. The van der Waals surface area contributed by atoms with Gasteiger partial charge in [0.25, 0.3) is 0 Å². The largest absolute Gasteiger partial charge is 0.466 e. The van der Waals surface area contributed by atoms with E-state index in [0.29, 0.717) is 12.1 Å². The van der Waals surface area contributed by atoms with Gasteiger partial charge in [0, 0.05) is 22.6 Å². The highest BCUT2D eigenvalue weighted by atomic mass is 79.9. The molecule has 3 nitrogen and oxygen atoms in total. The molecule has 18 heavy (non-hydrogen) atoms. The number of benzene rings is 1. The van der Waals surface area contributed by atoms with Gasteiger partial charge < -0.3 is 10.1 Å². The van der Waals surface area contributed by atoms with Crippen LogP contribution in [0.15, 0.2) is 40.4 Å². The Bertz CT molecular complexity index is 443. The zero-order valence-corrected chi connectivity index (χ0v) is 12.5. The predicted octanol–water partition coefficient (Wildman–Crippen LogP) is 3.22. The zero-order chi connectivity index (χ0) is 13.5. The number of hydrogen-bond donors (Lipinski definition) is 1. The first-order valence-electron chi connectivity index (χ1n) is 5.78. The van der Waals surface area contributed by atoms with E-state index in [1.54, 1.807) is 6.92 Å². The summed E-state index contributed by atoms with van der Waals surface area (Å²) in [7, 11) is 1.39. The van der Waals surface area contributed by atoms with E-state index in [-0.39, 0.29) is 12.0 Å². The summed E-state index contributed by atoms with van der Waals surface area (Å²) in [5.74, 6) is -0.285. The molecule has 0 aliphatic heterocycles. The highest BCUT2D eigenvalue weighted by Crippen LogP contribution is 2.17. The first kappa shape index (κ1) is 14.9. The molecule has 1 aromatic carbocycles. The van der Waals surface area contributed by atoms with Crippen molar-refractivity contribution in [3.05, 3.63) is 46.0 Å². The fourth-order valence-electron chi connectivity index (χ4n) is 1.53. The van der Waals surface area contributed by atoms with Crippen molar-refractivity contribution in [3.63, 3.8) is 0 Å². The SMILES string of the molecule is COC(=O)/C(C)=C/CN[C@H](C)c1cccc(Br)c1. The summed E-state index contributed by atoms with van der Waals surface area (Å²) in [5.41, 5.74) is 1.82. The molecule has 0 aliphatic carbocycles. The Kier molecular flexibility index (Phi) is 6.09. The third kappa shape index (κ3) is 4.63. The Labute approximate surface area is 116 Å². The normalized spacial score (nSPS) is 13.2. The second-order valence-corrected chi connectivity index (χ2v) is 4.98. The van der Waals surface area contributed by atoms with Crippen molar-refractivity contribution in [3.8, 4) is 0 Å². The summed E-state index contributed by atoms with van der Waals surface area (Å²) in [6, 6.07) is 8.38. The molecule has 4 heteroatoms. The lowest BCUT2D eigenvalue weighted by Crippen LogP contribution is -2.19. The molecule has 1 rings (SSSR count). The van der Waals surface area contributed by atoms with Crippen LogP contribution in [0.3, 0.4) is 0 Å². The molecule has 0 saturated carbocycles. The average Bonchev–Trinajstić information content (AvgIpc) is 2.37. The summed E-state index contributed by atoms with van der Waals surface area (Å²) >= 11 is 3.45. The molecule has 0 saturated heterocycles. The smallest absolute Gasteiger partial charge is 0.333 e. The molecular weight excluding hydrogens is 294 g/mol. The van der Waals surface area contributed by atoms with Crippen LogP contribution in [0.4, 0.5) is 0 Å². The number of esters is 1. The maximum absolute atomic E-state index is 11.2. The van der Waals surface area contributed by atoms with Gasteiger partial charge in [0.2, 0.25) is 0 Å². The summed E-state index contributed by atoms with van der Waals surface area (Å²) in [6.45, 7) is 4.47. The van der Waals surface area contributed by atoms with Gasteiger partial charge in [-0.15, -0.1) is 0 Å². The molecule has 0 radical (unpaired) electrons. The van der Waals surface area contributed by atoms with Crippen LogP contribution in [0.5, 0.6) is 0 Å². The maximum atomic E-state index is 11.2. The Hall–Kier alpha value is -1.13. The summed E-state index contributed by atoms with van der Waals surface area (Å²) in [6.07, 6.45) is 1.83. The molecule has 0 bridgehead atoms. The van der Waals surface area contributed by atoms with E-state index >= 15 is 0 Å². The van der Waals surface area contributed by atoms with Crippen molar-refractivity contribution in [2.24, 2.45) is 0 Å². The molecule has 0 amide bonds. The molecule has 0 aromatic heterocycles. The molecular formula is C14H18BrNO2. The fourth-order valence-corrected chi connectivity index (χ4v) is 1.94. The van der Waals surface area contributed by atoms with Crippen LogP contribution in [0.25, 0.3) is 0 Å². The Morgan fingerprint density at radius 2 is 2.28 bits per heavy atom. The predicted molar refractivity (Wildman–Crippen MR) is 76.3 cm³/mol. The molecule has 1 atom stereocenters. The van der Waals surface area contributed by atoms with E-state index in [1.165, 1.54) is 12.7 Å². The molecule has 0 aliphatic rings. The van der Waals surface area contributed by atoms with Crippen LogP contribution < -0.4 is 5.32 Å². The van der Waals surface area contributed by atoms with Crippen molar-refractivity contribution < 1.29 is 9.53 Å². The van der Waals surface area contributed by atoms with Gasteiger partial charge in [-0.05, 0) is 31.5 Å². The van der Waals surface area contributed by atoms with Gasteiger partial charge in [0.1, 0.15) is 0 Å². The van der Waals surface area contributed by atoms with E-state index in [9.17, 15) is 4.79 Å². The topological polar surface area (TPSA) is 38.3 Å². The van der Waals surface area contributed by atoms with Crippen molar-refractivity contribution in [1.82, 2.24) is 5.32 Å². The van der Waals surface area contributed by atoms with Gasteiger partial charge in [-0.1, -0.05) is 34.1 Å². The van der Waals surface area contributed by atoms with Crippen molar-refractivity contribution in [2.75, 3.05) is 13.7 Å². The van der Waals surface area contributed by atoms with Crippen LogP contribution >= 0.6 is 15.9 Å². The van der Waals surface area contributed by atoms with Crippen LogP contribution in [-0.2, 0) is 9.53 Å². The fraction of sp³-hybridized carbons (Fsp3) is 0.357. The number of rotatable bonds is 5. The molecule has 0 unspecified atom stereocenters. The van der Waals surface area contributed by atoms with Gasteiger partial charge in [0.05, 0.1) is 7.11 Å². The third-order valence-electron chi connectivity index (χ3n) is 2.69. The Morgan fingerprint density at radius 3 is 2.89 bits per heavy atom. The number of ether oxygens (including phenoxy) is 1. The third-order valence-corrected chi connectivity index (χ3v) is 3.18. The van der Waals surface area contributed by atoms with E-state index in [4.69, 9.17) is 0 Å². The standard InChI is InChI=1S/C14H18BrNO2/c1-10(14(17)18-3)7-8-16-11(2)12-5-4-6-13(15)9-12/h4-7,9,11,16H,8H2,1-3H3/b10-7+/t11-/m1/s1. The lowest BCUT2D eigenvalue weighted by Gasteiger charge is -2.13. The van der Waals surface area contributed by atoms with E-state index in [0.717, 1.165) is 4.47 Å². The molecule has 1 aromatic rings. The number of hydrogen-bond acceptors (Lipinski definition) is 3. The number of carbonyl (C=O) groups is 1. The van der Waals surface area contributed by atoms with Crippen molar-refractivity contribution in [2.45, 2.75) is 19.9 Å². The first-order valence-corrected chi connectivity index (χ1v) is 6.58. The van der Waals surface area contributed by atoms with Crippen LogP contribution in [-0.4, -0.2) is 19.6 Å². The second-order valence-electron chi connectivity index (χ2n) is 4.06. The minimum absolute atomic E-state index is 0.226. The maximum Gasteiger partial charge on any atom is 0.333 e. The van der Waals surface area contributed by atoms with Gasteiger partial charge in [-0.25, -0.2) is 4.79 Å². The highest BCUT2D eigenvalue weighted by Gasteiger charge is 2.05. The number of halogens is 1.